The summed E-state index contributed by atoms with van der Waals surface area (Å²) in [5.41, 5.74) is 1.17. The molecule has 6 nitrogen and oxygen atoms in total. The first-order valence-electron chi connectivity index (χ1n) is 9.36. The Morgan fingerprint density at radius 3 is 2.85 bits per heavy atom. The molecule has 2 unspecified atom stereocenters. The van der Waals surface area contributed by atoms with E-state index in [1.165, 1.54) is 19.3 Å². The lowest BCUT2D eigenvalue weighted by atomic mass is 9.83. The molecule has 2 aromatic rings. The van der Waals surface area contributed by atoms with Gasteiger partial charge in [0.1, 0.15) is 24.0 Å². The molecule has 2 bridgehead atoms. The number of carbonyl (C=O) groups excluding carboxylic acids is 1. The van der Waals surface area contributed by atoms with Crippen LogP contribution < -0.4 is 4.74 Å². The minimum absolute atomic E-state index is 0.0331. The van der Waals surface area contributed by atoms with E-state index in [1.807, 2.05) is 4.68 Å². The zero-order valence-corrected chi connectivity index (χ0v) is 15.5. The van der Waals surface area contributed by atoms with Gasteiger partial charge in [0.2, 0.25) is 0 Å². The Hall–Kier alpha value is -1.79. The summed E-state index contributed by atoms with van der Waals surface area (Å²) < 4.78 is 13.4. The molecule has 2 atom stereocenters. The van der Waals surface area contributed by atoms with Crippen molar-refractivity contribution in [3.8, 4) is 5.75 Å². The maximum atomic E-state index is 12.9. The van der Waals surface area contributed by atoms with E-state index in [4.69, 9.17) is 21.1 Å². The maximum Gasteiger partial charge on any atom is 0.359 e. The molecule has 1 aromatic carbocycles. The van der Waals surface area contributed by atoms with Crippen LogP contribution in [0.25, 0.3) is 10.9 Å². The number of rotatable bonds is 2. The van der Waals surface area contributed by atoms with Crippen LogP contribution in [0, 0.1) is 0 Å². The van der Waals surface area contributed by atoms with E-state index in [0.29, 0.717) is 47.1 Å². The van der Waals surface area contributed by atoms with Crippen molar-refractivity contribution in [2.45, 2.75) is 56.8 Å². The second-order valence-electron chi connectivity index (χ2n) is 7.62. The third-order valence-electron chi connectivity index (χ3n) is 6.10. The van der Waals surface area contributed by atoms with Gasteiger partial charge < -0.3 is 14.4 Å². The zero-order chi connectivity index (χ0) is 17.8. The van der Waals surface area contributed by atoms with Crippen molar-refractivity contribution in [3.05, 3.63) is 22.8 Å². The molecular formula is C19H22ClN3O3. The first-order valence-corrected chi connectivity index (χ1v) is 9.73. The molecule has 26 heavy (non-hydrogen) atoms. The molecule has 5 rings (SSSR count). The van der Waals surface area contributed by atoms with Crippen molar-refractivity contribution in [2.75, 3.05) is 13.7 Å². The number of nitrogens with zero attached hydrogens (tertiary/aromatic N) is 3. The molecule has 4 heterocycles. The van der Waals surface area contributed by atoms with Crippen LogP contribution in [-0.4, -0.2) is 52.5 Å². The van der Waals surface area contributed by atoms with Crippen LogP contribution in [0.4, 0.5) is 0 Å². The Morgan fingerprint density at radius 2 is 2.08 bits per heavy atom. The summed E-state index contributed by atoms with van der Waals surface area (Å²) in [5.74, 6) is 0.329. The summed E-state index contributed by atoms with van der Waals surface area (Å²) in [6.45, 7) is 1.15. The molecule has 3 aliphatic heterocycles. The van der Waals surface area contributed by atoms with Crippen molar-refractivity contribution in [1.29, 1.82) is 0 Å². The highest BCUT2D eigenvalue weighted by Gasteiger charge is 2.38. The predicted molar refractivity (Wildman–Crippen MR) is 97.9 cm³/mol. The van der Waals surface area contributed by atoms with Crippen LogP contribution in [0.5, 0.6) is 5.75 Å². The van der Waals surface area contributed by atoms with E-state index < -0.39 is 0 Å². The zero-order valence-electron chi connectivity index (χ0n) is 14.8. The molecule has 0 aliphatic carbocycles. The smallest absolute Gasteiger partial charge is 0.359 e. The third-order valence-corrected chi connectivity index (χ3v) is 6.32. The lowest BCUT2D eigenvalue weighted by Crippen LogP contribution is -2.52. The van der Waals surface area contributed by atoms with Crippen LogP contribution in [0.1, 0.15) is 42.6 Å². The Kier molecular flexibility index (Phi) is 3.87. The van der Waals surface area contributed by atoms with E-state index >= 15 is 0 Å². The molecule has 3 aliphatic rings. The minimum atomic E-state index is -0.350. The number of hydrogen-bond donors (Lipinski definition) is 0. The molecule has 0 spiro atoms. The average Bonchev–Trinajstić information content (AvgIpc) is 2.96. The maximum absolute atomic E-state index is 12.9. The fourth-order valence-corrected chi connectivity index (χ4v) is 4.99. The Balaban J connectivity index is 1.43. The SMILES string of the molecule is CN1C2CCCC1CC(OC(=O)c1nn3c4c(cc(Cl)cc14)OCC3)C2. The second-order valence-corrected chi connectivity index (χ2v) is 8.06. The van der Waals surface area contributed by atoms with E-state index in [-0.39, 0.29) is 12.1 Å². The van der Waals surface area contributed by atoms with Crippen LogP contribution >= 0.6 is 11.6 Å². The van der Waals surface area contributed by atoms with Crippen molar-refractivity contribution in [1.82, 2.24) is 14.7 Å². The first kappa shape index (κ1) is 16.4. The third kappa shape index (κ3) is 2.58. The number of carbonyl (C=O) groups is 1. The molecular weight excluding hydrogens is 354 g/mol. The van der Waals surface area contributed by atoms with Gasteiger partial charge in [-0.2, -0.15) is 5.10 Å². The monoisotopic (exact) mass is 375 g/mol. The Morgan fingerprint density at radius 1 is 1.31 bits per heavy atom. The number of halogens is 1. The molecule has 0 amide bonds. The summed E-state index contributed by atoms with van der Waals surface area (Å²) in [5, 5.41) is 5.76. The number of piperidine rings is 2. The van der Waals surface area contributed by atoms with Crippen molar-refractivity contribution in [2.24, 2.45) is 0 Å². The Bertz CT molecular complexity index is 867. The van der Waals surface area contributed by atoms with E-state index in [0.717, 1.165) is 18.4 Å². The average molecular weight is 376 g/mol. The van der Waals surface area contributed by atoms with Crippen molar-refractivity contribution >= 4 is 28.5 Å². The molecule has 0 N–H and O–H groups in total. The van der Waals surface area contributed by atoms with Gasteiger partial charge in [-0.15, -0.1) is 0 Å². The molecule has 0 radical (unpaired) electrons. The highest BCUT2D eigenvalue weighted by molar-refractivity contribution is 6.31. The standard InChI is InChI=1S/C19H22ClN3O3/c1-22-12-3-2-4-13(22)10-14(9-12)26-19(24)17-15-7-11(20)8-16-18(15)23(21-17)5-6-25-16/h7-8,12-14H,2-6,9-10H2,1H3. The van der Waals surface area contributed by atoms with Gasteiger partial charge in [0, 0.05) is 41.4 Å². The minimum Gasteiger partial charge on any atom is -0.489 e. The topological polar surface area (TPSA) is 56.6 Å². The van der Waals surface area contributed by atoms with Gasteiger partial charge in [-0.05, 0) is 26.0 Å². The number of fused-ring (bicyclic) bond motifs is 2. The van der Waals surface area contributed by atoms with E-state index in [1.54, 1.807) is 12.1 Å². The number of benzene rings is 1. The molecule has 7 heteroatoms. The van der Waals surface area contributed by atoms with Gasteiger partial charge in [0.15, 0.2) is 5.69 Å². The van der Waals surface area contributed by atoms with Gasteiger partial charge in [0.25, 0.3) is 0 Å². The summed E-state index contributed by atoms with van der Waals surface area (Å²) >= 11 is 6.21. The number of ether oxygens (including phenoxy) is 2. The van der Waals surface area contributed by atoms with Crippen molar-refractivity contribution < 1.29 is 14.3 Å². The van der Waals surface area contributed by atoms with Gasteiger partial charge in [0.05, 0.1) is 6.54 Å². The predicted octanol–water partition coefficient (Wildman–Crippen LogP) is 3.25. The van der Waals surface area contributed by atoms with Crippen molar-refractivity contribution in [3.63, 3.8) is 0 Å². The first-order chi connectivity index (χ1) is 12.6. The highest BCUT2D eigenvalue weighted by Crippen LogP contribution is 2.36. The molecule has 2 saturated heterocycles. The summed E-state index contributed by atoms with van der Waals surface area (Å²) in [6, 6.07) is 4.59. The van der Waals surface area contributed by atoms with Crippen LogP contribution in [0.15, 0.2) is 12.1 Å². The molecule has 2 fully saturated rings. The number of aromatic nitrogens is 2. The van der Waals surface area contributed by atoms with E-state index in [9.17, 15) is 4.79 Å². The second kappa shape index (κ2) is 6.13. The summed E-state index contributed by atoms with van der Waals surface area (Å²) in [6.07, 6.45) is 5.44. The number of hydrogen-bond acceptors (Lipinski definition) is 5. The molecule has 1 aromatic heterocycles. The quantitative estimate of drug-likeness (QED) is 0.754. The van der Waals surface area contributed by atoms with Gasteiger partial charge in [-0.3, -0.25) is 4.68 Å². The van der Waals surface area contributed by atoms with E-state index in [2.05, 4.69) is 17.0 Å². The van der Waals surface area contributed by atoms with Crippen LogP contribution in [0.3, 0.4) is 0 Å². The Labute approximate surface area is 157 Å². The summed E-state index contributed by atoms with van der Waals surface area (Å²) in [7, 11) is 2.20. The lowest BCUT2D eigenvalue weighted by Gasteiger charge is -2.46. The lowest BCUT2D eigenvalue weighted by molar-refractivity contribution is -0.0321. The largest absolute Gasteiger partial charge is 0.489 e. The van der Waals surface area contributed by atoms with Crippen LogP contribution in [-0.2, 0) is 11.3 Å². The van der Waals surface area contributed by atoms with Gasteiger partial charge in [-0.25, -0.2) is 4.79 Å². The molecule has 138 valence electrons. The fourth-order valence-electron chi connectivity index (χ4n) is 4.78. The number of esters is 1. The summed E-state index contributed by atoms with van der Waals surface area (Å²) in [4.78, 5) is 15.4. The molecule has 0 saturated carbocycles. The fraction of sp³-hybridized carbons (Fsp3) is 0.579. The van der Waals surface area contributed by atoms with Gasteiger partial charge >= 0.3 is 5.97 Å². The normalized spacial score (nSPS) is 28.0. The van der Waals surface area contributed by atoms with Crippen LogP contribution in [0.2, 0.25) is 5.02 Å². The van der Waals surface area contributed by atoms with Gasteiger partial charge in [-0.1, -0.05) is 18.0 Å². The highest BCUT2D eigenvalue weighted by atomic mass is 35.5.